The Labute approximate surface area is 152 Å². The summed E-state index contributed by atoms with van der Waals surface area (Å²) < 4.78 is 1.95. The summed E-state index contributed by atoms with van der Waals surface area (Å²) in [7, 11) is 0. The third-order valence-electron chi connectivity index (χ3n) is 4.04. The molecule has 126 valence electrons. The van der Waals surface area contributed by atoms with Crippen LogP contribution in [0.4, 0.5) is 11.5 Å². The number of nitrogens with zero attached hydrogens (tertiary/aromatic N) is 2. The molecule has 0 bridgehead atoms. The maximum Gasteiger partial charge on any atom is 0.157 e. The molecule has 0 fully saturated rings. The van der Waals surface area contributed by atoms with E-state index in [0.29, 0.717) is 16.0 Å². The molecule has 5 heteroatoms. The smallest absolute Gasteiger partial charge is 0.157 e. The summed E-state index contributed by atoms with van der Waals surface area (Å²) in [5.41, 5.74) is 5.20. The Bertz CT molecular complexity index is 877. The van der Waals surface area contributed by atoms with Gasteiger partial charge in [0.05, 0.1) is 15.7 Å². The highest BCUT2D eigenvalue weighted by Gasteiger charge is 2.17. The standard InChI is InChI=1S/C19H21Cl2N3/c1-11(2)8-16-19(23-17-12(3)6-5-7-13(17)4)24-10-14(20)9-15(21)18(24)22-16/h5-7,9-11,23H,8H2,1-4H3. The van der Waals surface area contributed by atoms with Gasteiger partial charge in [0.15, 0.2) is 5.65 Å². The van der Waals surface area contributed by atoms with E-state index < -0.39 is 0 Å². The number of rotatable bonds is 4. The van der Waals surface area contributed by atoms with E-state index in [1.54, 1.807) is 6.07 Å². The van der Waals surface area contributed by atoms with E-state index in [-0.39, 0.29) is 0 Å². The topological polar surface area (TPSA) is 29.3 Å². The molecule has 2 aromatic heterocycles. The normalized spacial score (nSPS) is 11.5. The number of aryl methyl sites for hydroxylation is 2. The SMILES string of the molecule is Cc1cccc(C)c1Nc1c(CC(C)C)nc2c(Cl)cc(Cl)cn12. The average molecular weight is 362 g/mol. The highest BCUT2D eigenvalue weighted by molar-refractivity contribution is 6.36. The van der Waals surface area contributed by atoms with E-state index in [0.717, 1.165) is 29.3 Å². The summed E-state index contributed by atoms with van der Waals surface area (Å²) in [6.07, 6.45) is 2.72. The number of anilines is 2. The number of fused-ring (bicyclic) bond motifs is 1. The number of nitrogens with one attached hydrogen (secondary N) is 1. The van der Waals surface area contributed by atoms with Crippen molar-refractivity contribution in [3.8, 4) is 0 Å². The van der Waals surface area contributed by atoms with E-state index in [9.17, 15) is 0 Å². The van der Waals surface area contributed by atoms with Gasteiger partial charge in [-0.1, -0.05) is 55.2 Å². The van der Waals surface area contributed by atoms with Crippen molar-refractivity contribution in [2.75, 3.05) is 5.32 Å². The lowest BCUT2D eigenvalue weighted by Crippen LogP contribution is -2.04. The summed E-state index contributed by atoms with van der Waals surface area (Å²) in [5.74, 6) is 1.42. The maximum absolute atomic E-state index is 6.35. The predicted molar refractivity (Wildman–Crippen MR) is 103 cm³/mol. The molecule has 0 amide bonds. The second-order valence-corrected chi connectivity index (χ2v) is 7.44. The molecule has 3 nitrogen and oxygen atoms in total. The molecule has 0 radical (unpaired) electrons. The van der Waals surface area contributed by atoms with Crippen molar-refractivity contribution in [2.45, 2.75) is 34.1 Å². The number of hydrogen-bond donors (Lipinski definition) is 1. The summed E-state index contributed by atoms with van der Waals surface area (Å²) in [5, 5.41) is 4.72. The van der Waals surface area contributed by atoms with Crippen molar-refractivity contribution in [3.63, 3.8) is 0 Å². The number of halogens is 2. The number of aromatic nitrogens is 2. The summed E-state index contributed by atoms with van der Waals surface area (Å²) in [6.45, 7) is 8.56. The fraction of sp³-hybridized carbons (Fsp3) is 0.316. The summed E-state index contributed by atoms with van der Waals surface area (Å²) in [6, 6.07) is 7.99. The van der Waals surface area contributed by atoms with E-state index >= 15 is 0 Å². The lowest BCUT2D eigenvalue weighted by Gasteiger charge is -2.14. The monoisotopic (exact) mass is 361 g/mol. The number of hydrogen-bond acceptors (Lipinski definition) is 2. The Kier molecular flexibility index (Phi) is 4.75. The van der Waals surface area contributed by atoms with E-state index in [1.165, 1.54) is 11.1 Å². The highest BCUT2D eigenvalue weighted by Crippen LogP contribution is 2.32. The van der Waals surface area contributed by atoms with Crippen molar-refractivity contribution < 1.29 is 0 Å². The first-order chi connectivity index (χ1) is 11.4. The van der Waals surface area contributed by atoms with Crippen molar-refractivity contribution in [1.29, 1.82) is 0 Å². The van der Waals surface area contributed by atoms with Crippen LogP contribution < -0.4 is 5.32 Å². The predicted octanol–water partition coefficient (Wildman–Crippen LogP) is 6.20. The first-order valence-electron chi connectivity index (χ1n) is 8.06. The van der Waals surface area contributed by atoms with Gasteiger partial charge in [-0.2, -0.15) is 0 Å². The van der Waals surface area contributed by atoms with Crippen LogP contribution in [0.1, 0.15) is 30.7 Å². The molecule has 2 heterocycles. The van der Waals surface area contributed by atoms with Crippen molar-refractivity contribution in [2.24, 2.45) is 5.92 Å². The minimum atomic E-state index is 0.489. The number of pyridine rings is 1. The minimum absolute atomic E-state index is 0.489. The van der Waals surface area contributed by atoms with Gasteiger partial charge in [0.1, 0.15) is 5.82 Å². The van der Waals surface area contributed by atoms with Crippen LogP contribution >= 0.6 is 23.2 Å². The second-order valence-electron chi connectivity index (χ2n) is 6.60. The molecule has 0 aliphatic carbocycles. The van der Waals surface area contributed by atoms with Gasteiger partial charge in [-0.15, -0.1) is 0 Å². The van der Waals surface area contributed by atoms with E-state index in [4.69, 9.17) is 28.2 Å². The van der Waals surface area contributed by atoms with E-state index in [2.05, 4.69) is 51.2 Å². The van der Waals surface area contributed by atoms with Crippen LogP contribution in [-0.2, 0) is 6.42 Å². The van der Waals surface area contributed by atoms with Crippen LogP contribution in [0.3, 0.4) is 0 Å². The molecule has 0 unspecified atom stereocenters. The molecule has 0 aliphatic rings. The Morgan fingerprint density at radius 2 is 1.83 bits per heavy atom. The Balaban J connectivity index is 2.20. The molecule has 0 saturated carbocycles. The van der Waals surface area contributed by atoms with Crippen LogP contribution in [0.5, 0.6) is 0 Å². The highest BCUT2D eigenvalue weighted by atomic mass is 35.5. The van der Waals surface area contributed by atoms with Gasteiger partial charge in [-0.05, 0) is 43.4 Å². The Morgan fingerprint density at radius 1 is 1.17 bits per heavy atom. The first-order valence-corrected chi connectivity index (χ1v) is 8.81. The van der Waals surface area contributed by atoms with Gasteiger partial charge in [-0.3, -0.25) is 4.40 Å². The number of benzene rings is 1. The summed E-state index contributed by atoms with van der Waals surface area (Å²) >= 11 is 12.6. The van der Waals surface area contributed by atoms with Gasteiger partial charge in [-0.25, -0.2) is 4.98 Å². The molecular weight excluding hydrogens is 341 g/mol. The molecule has 3 aromatic rings. The molecule has 1 aromatic carbocycles. The summed E-state index contributed by atoms with van der Waals surface area (Å²) in [4.78, 5) is 4.76. The van der Waals surface area contributed by atoms with Crippen LogP contribution in [0.25, 0.3) is 5.65 Å². The first kappa shape index (κ1) is 17.1. The molecule has 3 rings (SSSR count). The molecule has 0 atom stereocenters. The number of para-hydroxylation sites is 1. The van der Waals surface area contributed by atoms with Crippen LogP contribution in [-0.4, -0.2) is 9.38 Å². The number of imidazole rings is 1. The third-order valence-corrected chi connectivity index (χ3v) is 4.52. The lowest BCUT2D eigenvalue weighted by atomic mass is 10.1. The van der Waals surface area contributed by atoms with Crippen molar-refractivity contribution in [3.05, 3.63) is 57.3 Å². The van der Waals surface area contributed by atoms with Gasteiger partial charge in [0.25, 0.3) is 0 Å². The molecule has 0 saturated heterocycles. The van der Waals surface area contributed by atoms with Crippen molar-refractivity contribution >= 4 is 40.4 Å². The Hall–Kier alpha value is -1.71. The van der Waals surface area contributed by atoms with Gasteiger partial charge in [0.2, 0.25) is 0 Å². The molecular formula is C19H21Cl2N3. The zero-order valence-electron chi connectivity index (χ0n) is 14.3. The molecule has 24 heavy (non-hydrogen) atoms. The fourth-order valence-electron chi connectivity index (χ4n) is 2.91. The van der Waals surface area contributed by atoms with Crippen molar-refractivity contribution in [1.82, 2.24) is 9.38 Å². The quantitative estimate of drug-likeness (QED) is 0.599. The Morgan fingerprint density at radius 3 is 2.46 bits per heavy atom. The molecule has 0 spiro atoms. The minimum Gasteiger partial charge on any atom is -0.339 e. The zero-order valence-corrected chi connectivity index (χ0v) is 15.8. The van der Waals surface area contributed by atoms with Crippen LogP contribution in [0.15, 0.2) is 30.5 Å². The average Bonchev–Trinajstić information content (AvgIpc) is 2.80. The maximum atomic E-state index is 6.35. The zero-order chi connectivity index (χ0) is 17.4. The van der Waals surface area contributed by atoms with Gasteiger partial charge >= 0.3 is 0 Å². The van der Waals surface area contributed by atoms with Gasteiger partial charge < -0.3 is 5.32 Å². The second kappa shape index (κ2) is 6.66. The van der Waals surface area contributed by atoms with E-state index in [1.807, 2.05) is 10.6 Å². The van der Waals surface area contributed by atoms with Crippen LogP contribution in [0, 0.1) is 19.8 Å². The largest absolute Gasteiger partial charge is 0.339 e. The molecule has 0 aliphatic heterocycles. The molecule has 1 N–H and O–H groups in total. The van der Waals surface area contributed by atoms with Crippen LogP contribution in [0.2, 0.25) is 10.0 Å². The third kappa shape index (κ3) is 3.24. The van der Waals surface area contributed by atoms with Gasteiger partial charge in [0, 0.05) is 11.9 Å². The lowest BCUT2D eigenvalue weighted by molar-refractivity contribution is 0.639. The fourth-order valence-corrected chi connectivity index (χ4v) is 3.42.